The largest absolute Gasteiger partial charge is 0.319 e. The standard InChI is InChI=1S/C17H27N/c1-14-9-7-8-12-16(14)17(13-18-2)15-10-5-3-4-6-11-15/h7-9,12,15,17-18H,3-6,10-11,13H2,1-2H3. The molecular weight excluding hydrogens is 218 g/mol. The van der Waals surface area contributed by atoms with Gasteiger partial charge in [-0.1, -0.05) is 49.9 Å². The summed E-state index contributed by atoms with van der Waals surface area (Å²) in [6, 6.07) is 8.95. The van der Waals surface area contributed by atoms with E-state index < -0.39 is 0 Å². The van der Waals surface area contributed by atoms with Crippen LogP contribution >= 0.6 is 0 Å². The Hall–Kier alpha value is -0.820. The topological polar surface area (TPSA) is 12.0 Å². The molecule has 18 heavy (non-hydrogen) atoms. The Morgan fingerprint density at radius 1 is 1.11 bits per heavy atom. The van der Waals surface area contributed by atoms with E-state index in [0.717, 1.165) is 12.5 Å². The van der Waals surface area contributed by atoms with Crippen LogP contribution in [0.2, 0.25) is 0 Å². The lowest BCUT2D eigenvalue weighted by Gasteiger charge is -2.28. The fourth-order valence-corrected chi connectivity index (χ4v) is 3.47. The second-order valence-corrected chi connectivity index (χ2v) is 5.77. The molecule has 1 nitrogen and oxygen atoms in total. The van der Waals surface area contributed by atoms with Crippen molar-refractivity contribution in [3.63, 3.8) is 0 Å². The van der Waals surface area contributed by atoms with Gasteiger partial charge >= 0.3 is 0 Å². The smallest absolute Gasteiger partial charge is 0.00199 e. The number of rotatable bonds is 4. The monoisotopic (exact) mass is 245 g/mol. The Morgan fingerprint density at radius 2 is 1.78 bits per heavy atom. The summed E-state index contributed by atoms with van der Waals surface area (Å²) < 4.78 is 0. The molecule has 1 saturated carbocycles. The minimum Gasteiger partial charge on any atom is -0.319 e. The lowest BCUT2D eigenvalue weighted by Crippen LogP contribution is -2.24. The average molecular weight is 245 g/mol. The van der Waals surface area contributed by atoms with E-state index in [4.69, 9.17) is 0 Å². The average Bonchev–Trinajstić information content (AvgIpc) is 2.66. The van der Waals surface area contributed by atoms with Crippen LogP contribution in [0, 0.1) is 12.8 Å². The summed E-state index contributed by atoms with van der Waals surface area (Å²) in [5, 5.41) is 3.41. The van der Waals surface area contributed by atoms with Crippen LogP contribution in [-0.2, 0) is 0 Å². The molecule has 1 aliphatic carbocycles. The molecule has 1 aliphatic rings. The fraction of sp³-hybridized carbons (Fsp3) is 0.647. The van der Waals surface area contributed by atoms with Gasteiger partial charge in [-0.05, 0) is 49.8 Å². The SMILES string of the molecule is CNCC(c1ccccc1C)C1CCCCCC1. The van der Waals surface area contributed by atoms with Crippen molar-refractivity contribution in [2.45, 2.75) is 51.4 Å². The van der Waals surface area contributed by atoms with Gasteiger partial charge < -0.3 is 5.32 Å². The maximum Gasteiger partial charge on any atom is 0.00199 e. The van der Waals surface area contributed by atoms with Gasteiger partial charge in [0.2, 0.25) is 0 Å². The number of hydrogen-bond acceptors (Lipinski definition) is 1. The van der Waals surface area contributed by atoms with Gasteiger partial charge in [0.05, 0.1) is 0 Å². The summed E-state index contributed by atoms with van der Waals surface area (Å²) in [6.07, 6.45) is 8.57. The van der Waals surface area contributed by atoms with Crippen LogP contribution in [0.3, 0.4) is 0 Å². The fourth-order valence-electron chi connectivity index (χ4n) is 3.47. The number of nitrogens with one attached hydrogen (secondary N) is 1. The van der Waals surface area contributed by atoms with Gasteiger partial charge in [0.25, 0.3) is 0 Å². The van der Waals surface area contributed by atoms with Crippen LogP contribution in [0.4, 0.5) is 0 Å². The molecule has 2 rings (SSSR count). The zero-order valence-electron chi connectivity index (χ0n) is 11.9. The highest BCUT2D eigenvalue weighted by molar-refractivity contribution is 5.30. The minimum absolute atomic E-state index is 0.703. The molecule has 0 saturated heterocycles. The van der Waals surface area contributed by atoms with E-state index >= 15 is 0 Å². The van der Waals surface area contributed by atoms with E-state index in [9.17, 15) is 0 Å². The van der Waals surface area contributed by atoms with Crippen molar-refractivity contribution in [1.29, 1.82) is 0 Å². The van der Waals surface area contributed by atoms with Gasteiger partial charge in [-0.2, -0.15) is 0 Å². The molecule has 0 aromatic heterocycles. The van der Waals surface area contributed by atoms with Crippen LogP contribution in [-0.4, -0.2) is 13.6 Å². The first kappa shape index (κ1) is 13.6. The molecule has 1 atom stereocenters. The molecule has 0 radical (unpaired) electrons. The molecule has 0 spiro atoms. The molecular formula is C17H27N. The predicted molar refractivity (Wildman–Crippen MR) is 79.0 cm³/mol. The van der Waals surface area contributed by atoms with Gasteiger partial charge in [0.15, 0.2) is 0 Å². The van der Waals surface area contributed by atoms with Crippen molar-refractivity contribution in [1.82, 2.24) is 5.32 Å². The quantitative estimate of drug-likeness (QED) is 0.781. The summed E-state index contributed by atoms with van der Waals surface area (Å²) in [6.45, 7) is 3.38. The number of likely N-dealkylation sites (N-methyl/N-ethyl adjacent to an activating group) is 1. The number of benzene rings is 1. The summed E-state index contributed by atoms with van der Waals surface area (Å²) in [4.78, 5) is 0. The zero-order chi connectivity index (χ0) is 12.8. The first-order valence-electron chi connectivity index (χ1n) is 7.53. The lowest BCUT2D eigenvalue weighted by atomic mass is 9.80. The zero-order valence-corrected chi connectivity index (χ0v) is 11.9. The van der Waals surface area contributed by atoms with Crippen LogP contribution in [0.15, 0.2) is 24.3 Å². The van der Waals surface area contributed by atoms with Gasteiger partial charge in [-0.15, -0.1) is 0 Å². The van der Waals surface area contributed by atoms with Gasteiger partial charge in [-0.3, -0.25) is 0 Å². The van der Waals surface area contributed by atoms with E-state index in [1.807, 2.05) is 0 Å². The van der Waals surface area contributed by atoms with Crippen molar-refractivity contribution in [2.75, 3.05) is 13.6 Å². The number of hydrogen-bond donors (Lipinski definition) is 1. The van der Waals surface area contributed by atoms with Crippen molar-refractivity contribution in [2.24, 2.45) is 5.92 Å². The third-order valence-corrected chi connectivity index (χ3v) is 4.48. The molecule has 0 amide bonds. The molecule has 0 aliphatic heterocycles. The third-order valence-electron chi connectivity index (χ3n) is 4.48. The molecule has 1 unspecified atom stereocenters. The minimum atomic E-state index is 0.703. The van der Waals surface area contributed by atoms with Gasteiger partial charge in [-0.25, -0.2) is 0 Å². The second kappa shape index (κ2) is 6.94. The summed E-state index contributed by atoms with van der Waals surface area (Å²) in [5.41, 5.74) is 3.03. The van der Waals surface area contributed by atoms with Crippen molar-refractivity contribution in [3.8, 4) is 0 Å². The number of aryl methyl sites for hydroxylation is 1. The summed E-state index contributed by atoms with van der Waals surface area (Å²) in [7, 11) is 2.09. The maximum atomic E-state index is 3.41. The normalized spacial score (nSPS) is 19.4. The summed E-state index contributed by atoms with van der Waals surface area (Å²) in [5.74, 6) is 1.58. The Bertz CT molecular complexity index is 350. The van der Waals surface area contributed by atoms with Crippen molar-refractivity contribution < 1.29 is 0 Å². The molecule has 1 aromatic rings. The van der Waals surface area contributed by atoms with Gasteiger partial charge in [0, 0.05) is 6.54 Å². The van der Waals surface area contributed by atoms with Gasteiger partial charge in [0.1, 0.15) is 0 Å². The summed E-state index contributed by atoms with van der Waals surface area (Å²) >= 11 is 0. The molecule has 0 heterocycles. The van der Waals surface area contributed by atoms with Crippen molar-refractivity contribution in [3.05, 3.63) is 35.4 Å². The van der Waals surface area contributed by atoms with Crippen LogP contribution in [0.1, 0.15) is 55.6 Å². The van der Waals surface area contributed by atoms with Crippen LogP contribution in [0.5, 0.6) is 0 Å². The Kier molecular flexibility index (Phi) is 5.25. The third kappa shape index (κ3) is 3.35. The highest BCUT2D eigenvalue weighted by Crippen LogP contribution is 2.35. The predicted octanol–water partition coefficient (Wildman–Crippen LogP) is 4.27. The Balaban J connectivity index is 2.18. The van der Waals surface area contributed by atoms with Crippen LogP contribution in [0.25, 0.3) is 0 Å². The Labute approximate surface area is 112 Å². The first-order chi connectivity index (χ1) is 8.83. The lowest BCUT2D eigenvalue weighted by molar-refractivity contribution is 0.366. The molecule has 100 valence electrons. The molecule has 0 bridgehead atoms. The molecule has 1 N–H and O–H groups in total. The van der Waals surface area contributed by atoms with E-state index in [2.05, 4.69) is 43.6 Å². The highest BCUT2D eigenvalue weighted by atomic mass is 14.8. The maximum absolute atomic E-state index is 3.41. The second-order valence-electron chi connectivity index (χ2n) is 5.77. The Morgan fingerprint density at radius 3 is 2.39 bits per heavy atom. The molecule has 1 aromatic carbocycles. The van der Waals surface area contributed by atoms with E-state index in [-0.39, 0.29) is 0 Å². The van der Waals surface area contributed by atoms with Crippen LogP contribution < -0.4 is 5.32 Å². The van der Waals surface area contributed by atoms with E-state index in [1.54, 1.807) is 5.56 Å². The first-order valence-corrected chi connectivity index (χ1v) is 7.53. The van der Waals surface area contributed by atoms with Crippen molar-refractivity contribution >= 4 is 0 Å². The molecule has 1 fully saturated rings. The molecule has 1 heteroatoms. The van der Waals surface area contributed by atoms with E-state index in [1.165, 1.54) is 44.1 Å². The van der Waals surface area contributed by atoms with E-state index in [0.29, 0.717) is 5.92 Å². The highest BCUT2D eigenvalue weighted by Gasteiger charge is 2.24.